The Labute approximate surface area is 186 Å². The minimum Gasteiger partial charge on any atom is -0.478 e. The first-order valence-corrected chi connectivity index (χ1v) is 10.7. The van der Waals surface area contributed by atoms with Crippen LogP contribution in [0.3, 0.4) is 0 Å². The average molecular weight is 440 g/mol. The number of unbranched alkanes of at least 4 members (excludes halogenated alkanes) is 1. The molecule has 0 spiro atoms. The summed E-state index contributed by atoms with van der Waals surface area (Å²) < 4.78 is 10.4. The summed E-state index contributed by atoms with van der Waals surface area (Å²) in [6.07, 6.45) is -0.482. The number of carboxylic acid groups (broad SMARTS) is 1. The van der Waals surface area contributed by atoms with Crippen molar-refractivity contribution >= 4 is 18.2 Å². The topological polar surface area (TPSA) is 114 Å². The molecule has 0 saturated carbocycles. The molecule has 0 aromatic heterocycles. The Morgan fingerprint density at radius 1 is 0.906 bits per heavy atom. The first kappa shape index (κ1) is 23.1. The number of carbonyl (C=O) groups excluding carboxylic acids is 2. The predicted octanol–water partition coefficient (Wildman–Crippen LogP) is 4.24. The van der Waals surface area contributed by atoms with Gasteiger partial charge in [0.15, 0.2) is 0 Å². The number of hydrogen-bond acceptors (Lipinski definition) is 5. The van der Waals surface area contributed by atoms with Crippen LogP contribution >= 0.6 is 0 Å². The highest BCUT2D eigenvalue weighted by Gasteiger charge is 2.41. The van der Waals surface area contributed by atoms with Crippen LogP contribution < -0.4 is 10.6 Å². The Morgan fingerprint density at radius 3 is 1.94 bits per heavy atom. The second-order valence-electron chi connectivity index (χ2n) is 7.63. The molecule has 0 saturated heterocycles. The van der Waals surface area contributed by atoms with Gasteiger partial charge in [0, 0.05) is 5.92 Å². The van der Waals surface area contributed by atoms with Gasteiger partial charge in [-0.1, -0.05) is 68.8 Å². The molecule has 0 fully saturated rings. The highest BCUT2D eigenvalue weighted by Crippen LogP contribution is 2.44. The van der Waals surface area contributed by atoms with Crippen molar-refractivity contribution in [1.82, 2.24) is 10.6 Å². The second kappa shape index (κ2) is 10.2. The molecule has 8 nitrogen and oxygen atoms in total. The van der Waals surface area contributed by atoms with Gasteiger partial charge in [0.1, 0.15) is 6.61 Å². The van der Waals surface area contributed by atoms with Crippen LogP contribution in [0, 0.1) is 0 Å². The van der Waals surface area contributed by atoms with E-state index in [1.165, 1.54) is 6.92 Å². The van der Waals surface area contributed by atoms with Gasteiger partial charge < -0.3 is 14.6 Å². The minimum absolute atomic E-state index is 0.0280. The quantitative estimate of drug-likeness (QED) is 0.397. The molecule has 2 aromatic rings. The van der Waals surface area contributed by atoms with Crippen LogP contribution in [0.4, 0.5) is 9.59 Å². The summed E-state index contributed by atoms with van der Waals surface area (Å²) in [6.45, 7) is 3.66. The molecule has 0 radical (unpaired) electrons. The van der Waals surface area contributed by atoms with Crippen molar-refractivity contribution < 1.29 is 29.0 Å². The van der Waals surface area contributed by atoms with Crippen molar-refractivity contribution in [2.45, 2.75) is 44.7 Å². The number of alkyl carbamates (subject to hydrolysis) is 2. The van der Waals surface area contributed by atoms with Crippen LogP contribution in [-0.4, -0.2) is 42.1 Å². The van der Waals surface area contributed by atoms with E-state index in [1.807, 2.05) is 55.5 Å². The fraction of sp³-hybridized carbons (Fsp3) is 0.375. The summed E-state index contributed by atoms with van der Waals surface area (Å²) in [5, 5.41) is 14.2. The molecule has 1 aliphatic rings. The van der Waals surface area contributed by atoms with Gasteiger partial charge in [-0.25, -0.2) is 14.4 Å². The van der Waals surface area contributed by atoms with E-state index in [-0.39, 0.29) is 25.6 Å². The third kappa shape index (κ3) is 4.85. The highest BCUT2D eigenvalue weighted by atomic mass is 16.6. The highest BCUT2D eigenvalue weighted by molar-refractivity contribution is 5.88. The Hall–Kier alpha value is -3.55. The smallest absolute Gasteiger partial charge is 0.409 e. The van der Waals surface area contributed by atoms with E-state index < -0.39 is 23.8 Å². The summed E-state index contributed by atoms with van der Waals surface area (Å²) in [4.78, 5) is 36.5. The average Bonchev–Trinajstić information content (AvgIpc) is 3.11. The van der Waals surface area contributed by atoms with Gasteiger partial charge in [-0.15, -0.1) is 0 Å². The summed E-state index contributed by atoms with van der Waals surface area (Å²) >= 11 is 0. The number of carboxylic acids is 1. The standard InChI is InChI=1S/C24H28N2O6/c1-3-5-14-31-22(29)25-24(4-2,21(27)28)26-23(30)32-15-20-18-12-8-6-10-16(18)17-11-7-9-13-19(17)20/h6-13,20H,3-5,14-15H2,1-2H3,(H,25,29)(H,26,30)(H,27,28). The maximum Gasteiger partial charge on any atom is 0.409 e. The lowest BCUT2D eigenvalue weighted by Gasteiger charge is -2.29. The fourth-order valence-corrected chi connectivity index (χ4v) is 3.79. The number of aliphatic carboxylic acids is 1. The molecule has 0 bridgehead atoms. The first-order chi connectivity index (χ1) is 15.4. The Morgan fingerprint density at radius 2 is 1.44 bits per heavy atom. The molecular weight excluding hydrogens is 412 g/mol. The number of amides is 2. The van der Waals surface area contributed by atoms with Gasteiger partial charge >= 0.3 is 18.2 Å². The van der Waals surface area contributed by atoms with Crippen LogP contribution in [0.2, 0.25) is 0 Å². The van der Waals surface area contributed by atoms with Crippen LogP contribution in [0.1, 0.15) is 50.2 Å². The van der Waals surface area contributed by atoms with E-state index in [2.05, 4.69) is 10.6 Å². The zero-order chi connectivity index (χ0) is 23.1. The molecule has 0 aliphatic heterocycles. The Kier molecular flexibility index (Phi) is 7.35. The van der Waals surface area contributed by atoms with Crippen LogP contribution in [0.5, 0.6) is 0 Å². The van der Waals surface area contributed by atoms with Crippen molar-refractivity contribution in [3.05, 3.63) is 59.7 Å². The normalized spacial score (nSPS) is 13.9. The molecule has 32 heavy (non-hydrogen) atoms. The number of nitrogens with one attached hydrogen (secondary N) is 2. The van der Waals surface area contributed by atoms with Gasteiger partial charge in [0.05, 0.1) is 6.61 Å². The lowest BCUT2D eigenvalue weighted by molar-refractivity contribution is -0.146. The van der Waals surface area contributed by atoms with Gasteiger partial charge in [0.2, 0.25) is 5.66 Å². The predicted molar refractivity (Wildman–Crippen MR) is 118 cm³/mol. The van der Waals surface area contributed by atoms with Crippen molar-refractivity contribution in [1.29, 1.82) is 0 Å². The van der Waals surface area contributed by atoms with E-state index in [1.54, 1.807) is 0 Å². The van der Waals surface area contributed by atoms with Crippen molar-refractivity contribution in [3.63, 3.8) is 0 Å². The lowest BCUT2D eigenvalue weighted by atomic mass is 9.98. The monoisotopic (exact) mass is 440 g/mol. The SMILES string of the molecule is CCCCOC(=O)NC(CC)(NC(=O)OCC1c2ccccc2-c2ccccc21)C(=O)O. The number of fused-ring (bicyclic) bond motifs is 3. The van der Waals surface area contributed by atoms with Crippen LogP contribution in [0.25, 0.3) is 11.1 Å². The van der Waals surface area contributed by atoms with Gasteiger partial charge in [-0.2, -0.15) is 0 Å². The maximum atomic E-state index is 12.6. The summed E-state index contributed by atoms with van der Waals surface area (Å²) in [5.41, 5.74) is 2.22. The van der Waals surface area contributed by atoms with Crippen LogP contribution in [-0.2, 0) is 14.3 Å². The van der Waals surface area contributed by atoms with Crippen molar-refractivity contribution in [2.75, 3.05) is 13.2 Å². The zero-order valence-electron chi connectivity index (χ0n) is 18.2. The third-order valence-electron chi connectivity index (χ3n) is 5.60. The molecule has 3 rings (SSSR count). The minimum atomic E-state index is -2.04. The van der Waals surface area contributed by atoms with E-state index in [4.69, 9.17) is 9.47 Å². The summed E-state index contributed by atoms with van der Waals surface area (Å²) in [7, 11) is 0. The van der Waals surface area contributed by atoms with Crippen LogP contribution in [0.15, 0.2) is 48.5 Å². The molecular formula is C24H28N2O6. The van der Waals surface area contributed by atoms with Crippen molar-refractivity contribution in [3.8, 4) is 11.1 Å². The summed E-state index contributed by atoms with van der Waals surface area (Å²) in [6, 6.07) is 15.8. The molecule has 1 atom stereocenters. The second-order valence-corrected chi connectivity index (χ2v) is 7.63. The fourth-order valence-electron chi connectivity index (χ4n) is 3.79. The van der Waals surface area contributed by atoms with E-state index in [9.17, 15) is 19.5 Å². The van der Waals surface area contributed by atoms with Gasteiger partial charge in [-0.05, 0) is 35.1 Å². The van der Waals surface area contributed by atoms with E-state index in [0.29, 0.717) is 6.42 Å². The number of carbonyl (C=O) groups is 3. The number of benzene rings is 2. The summed E-state index contributed by atoms with van der Waals surface area (Å²) in [5.74, 6) is -1.58. The number of hydrogen-bond donors (Lipinski definition) is 3. The Balaban J connectivity index is 1.68. The largest absolute Gasteiger partial charge is 0.478 e. The lowest BCUT2D eigenvalue weighted by Crippen LogP contribution is -2.65. The number of rotatable bonds is 9. The zero-order valence-corrected chi connectivity index (χ0v) is 18.2. The molecule has 8 heteroatoms. The molecule has 2 aromatic carbocycles. The maximum absolute atomic E-state index is 12.6. The molecule has 2 amide bonds. The molecule has 170 valence electrons. The number of ether oxygens (including phenoxy) is 2. The van der Waals surface area contributed by atoms with Gasteiger partial charge in [-0.3, -0.25) is 10.6 Å². The molecule has 0 heterocycles. The third-order valence-corrected chi connectivity index (χ3v) is 5.60. The van der Waals surface area contributed by atoms with E-state index in [0.717, 1.165) is 28.7 Å². The first-order valence-electron chi connectivity index (χ1n) is 10.7. The molecule has 3 N–H and O–H groups in total. The van der Waals surface area contributed by atoms with Crippen molar-refractivity contribution in [2.24, 2.45) is 0 Å². The molecule has 1 unspecified atom stereocenters. The molecule has 1 aliphatic carbocycles. The van der Waals surface area contributed by atoms with Gasteiger partial charge in [0.25, 0.3) is 0 Å². The van der Waals surface area contributed by atoms with E-state index >= 15 is 0 Å². The Bertz CT molecular complexity index is 946.